The fourth-order valence-electron chi connectivity index (χ4n) is 2.79. The average molecular weight is 344 g/mol. The highest BCUT2D eigenvalue weighted by molar-refractivity contribution is 7.89. The lowest BCUT2D eigenvalue weighted by atomic mass is 10.1. The first-order valence-electron chi connectivity index (χ1n) is 7.99. The maximum atomic E-state index is 12.5. The van der Waals surface area contributed by atoms with Gasteiger partial charge in [-0.05, 0) is 36.1 Å². The number of benzene rings is 2. The van der Waals surface area contributed by atoms with Gasteiger partial charge >= 0.3 is 0 Å². The second-order valence-electron chi connectivity index (χ2n) is 5.89. The van der Waals surface area contributed by atoms with Crippen LogP contribution in [0.4, 0.5) is 0 Å². The summed E-state index contributed by atoms with van der Waals surface area (Å²) in [5.74, 6) is -0.0242. The summed E-state index contributed by atoms with van der Waals surface area (Å²) in [5, 5.41) is 2.75. The topological polar surface area (TPSA) is 75.3 Å². The van der Waals surface area contributed by atoms with Crippen LogP contribution in [0.1, 0.15) is 19.3 Å². The molecule has 0 spiro atoms. The molecule has 1 aliphatic rings. The molecule has 5 nitrogen and oxygen atoms in total. The Balaban J connectivity index is 1.74. The Morgan fingerprint density at radius 1 is 0.917 bits per heavy atom. The molecule has 1 aliphatic heterocycles. The van der Waals surface area contributed by atoms with Gasteiger partial charge < -0.3 is 5.32 Å². The largest absolute Gasteiger partial charge is 0.356 e. The number of amides is 1. The van der Waals surface area contributed by atoms with Crippen molar-refractivity contribution in [3.8, 4) is 11.1 Å². The van der Waals surface area contributed by atoms with E-state index in [1.165, 1.54) is 0 Å². The third-order valence-electron chi connectivity index (χ3n) is 4.13. The SMILES string of the molecule is O=C1CCC(NS(=O)(=O)c2ccc(-c3ccccc3)cc2)CCN1. The molecule has 0 aliphatic carbocycles. The summed E-state index contributed by atoms with van der Waals surface area (Å²) in [6, 6.07) is 16.4. The molecule has 1 fully saturated rings. The number of carbonyl (C=O) groups is 1. The van der Waals surface area contributed by atoms with Crippen LogP contribution in [0.15, 0.2) is 59.5 Å². The van der Waals surface area contributed by atoms with Crippen molar-refractivity contribution in [1.82, 2.24) is 10.0 Å². The third-order valence-corrected chi connectivity index (χ3v) is 5.66. The Labute approximate surface area is 142 Å². The van der Waals surface area contributed by atoms with Crippen LogP contribution in [-0.4, -0.2) is 26.9 Å². The van der Waals surface area contributed by atoms with Gasteiger partial charge in [-0.1, -0.05) is 42.5 Å². The van der Waals surface area contributed by atoms with E-state index in [1.54, 1.807) is 12.1 Å². The Bertz CT molecular complexity index is 802. The molecule has 1 atom stereocenters. The number of hydrogen-bond acceptors (Lipinski definition) is 3. The quantitative estimate of drug-likeness (QED) is 0.894. The standard InChI is InChI=1S/C18H20N2O3S/c21-18-11-8-16(12-13-19-18)20-24(22,23)17-9-6-15(7-10-17)14-4-2-1-3-5-14/h1-7,9-10,16,20H,8,11-13H2,(H,19,21). The van der Waals surface area contributed by atoms with E-state index in [4.69, 9.17) is 0 Å². The van der Waals surface area contributed by atoms with Crippen LogP contribution in [0.5, 0.6) is 0 Å². The van der Waals surface area contributed by atoms with Crippen molar-refractivity contribution in [2.24, 2.45) is 0 Å². The Hall–Kier alpha value is -2.18. The second kappa shape index (κ2) is 7.15. The molecule has 0 saturated carbocycles. The van der Waals surface area contributed by atoms with Gasteiger partial charge in [0.25, 0.3) is 0 Å². The highest BCUT2D eigenvalue weighted by Crippen LogP contribution is 2.21. The monoisotopic (exact) mass is 344 g/mol. The minimum atomic E-state index is -3.58. The van der Waals surface area contributed by atoms with Gasteiger partial charge in [-0.25, -0.2) is 13.1 Å². The molecule has 0 bridgehead atoms. The predicted molar refractivity (Wildman–Crippen MR) is 92.8 cm³/mol. The van der Waals surface area contributed by atoms with Gasteiger partial charge in [0.1, 0.15) is 0 Å². The number of nitrogens with one attached hydrogen (secondary N) is 2. The minimum Gasteiger partial charge on any atom is -0.356 e. The molecule has 126 valence electrons. The summed E-state index contributed by atoms with van der Waals surface area (Å²) in [6.45, 7) is 0.499. The van der Waals surface area contributed by atoms with Crippen LogP contribution in [0.25, 0.3) is 11.1 Å². The van der Waals surface area contributed by atoms with Gasteiger partial charge in [-0.3, -0.25) is 4.79 Å². The summed E-state index contributed by atoms with van der Waals surface area (Å²) >= 11 is 0. The van der Waals surface area contributed by atoms with Crippen LogP contribution >= 0.6 is 0 Å². The van der Waals surface area contributed by atoms with E-state index in [2.05, 4.69) is 10.0 Å². The molecule has 2 aromatic rings. The van der Waals surface area contributed by atoms with Crippen LogP contribution in [0.2, 0.25) is 0 Å². The maximum absolute atomic E-state index is 12.5. The maximum Gasteiger partial charge on any atom is 0.240 e. The molecular formula is C18H20N2O3S. The first-order valence-corrected chi connectivity index (χ1v) is 9.47. The molecule has 2 N–H and O–H groups in total. The number of hydrogen-bond donors (Lipinski definition) is 2. The zero-order valence-corrected chi connectivity index (χ0v) is 14.1. The molecular weight excluding hydrogens is 324 g/mol. The molecule has 1 unspecified atom stereocenters. The van der Waals surface area contributed by atoms with E-state index >= 15 is 0 Å². The smallest absolute Gasteiger partial charge is 0.240 e. The van der Waals surface area contributed by atoms with Crippen molar-refractivity contribution < 1.29 is 13.2 Å². The van der Waals surface area contributed by atoms with Gasteiger partial charge in [-0.2, -0.15) is 0 Å². The van der Waals surface area contributed by atoms with E-state index in [0.29, 0.717) is 25.8 Å². The molecule has 0 aromatic heterocycles. The van der Waals surface area contributed by atoms with Gasteiger partial charge in [-0.15, -0.1) is 0 Å². The number of rotatable bonds is 4. The van der Waals surface area contributed by atoms with Gasteiger partial charge in [0.05, 0.1) is 4.90 Å². The lowest BCUT2D eigenvalue weighted by Gasteiger charge is -2.16. The molecule has 0 radical (unpaired) electrons. The van der Waals surface area contributed by atoms with E-state index in [0.717, 1.165) is 11.1 Å². The zero-order valence-electron chi connectivity index (χ0n) is 13.2. The Kier molecular flexibility index (Phi) is 4.97. The molecule has 6 heteroatoms. The van der Waals surface area contributed by atoms with Crippen LogP contribution < -0.4 is 10.0 Å². The van der Waals surface area contributed by atoms with Gasteiger partial charge in [0.15, 0.2) is 0 Å². The predicted octanol–water partition coefficient (Wildman–Crippen LogP) is 2.30. The zero-order chi connectivity index (χ0) is 17.0. The van der Waals surface area contributed by atoms with Crippen LogP contribution in [-0.2, 0) is 14.8 Å². The summed E-state index contributed by atoms with van der Waals surface area (Å²) < 4.78 is 27.8. The summed E-state index contributed by atoms with van der Waals surface area (Å²) in [6.07, 6.45) is 1.47. The van der Waals surface area contributed by atoms with E-state index < -0.39 is 10.0 Å². The summed E-state index contributed by atoms with van der Waals surface area (Å²) in [4.78, 5) is 11.6. The first kappa shape index (κ1) is 16.7. The third kappa shape index (κ3) is 4.01. The Morgan fingerprint density at radius 2 is 1.58 bits per heavy atom. The summed E-state index contributed by atoms with van der Waals surface area (Å²) in [7, 11) is -3.58. The summed E-state index contributed by atoms with van der Waals surface area (Å²) in [5.41, 5.74) is 2.02. The van der Waals surface area contributed by atoms with Crippen molar-refractivity contribution in [3.05, 3.63) is 54.6 Å². The van der Waals surface area contributed by atoms with E-state index in [1.807, 2.05) is 42.5 Å². The average Bonchev–Trinajstić information content (AvgIpc) is 2.80. The highest BCUT2D eigenvalue weighted by Gasteiger charge is 2.22. The van der Waals surface area contributed by atoms with E-state index in [-0.39, 0.29) is 16.8 Å². The normalized spacial score (nSPS) is 18.7. The van der Waals surface area contributed by atoms with Crippen LogP contribution in [0, 0.1) is 0 Å². The van der Waals surface area contributed by atoms with Crippen LogP contribution in [0.3, 0.4) is 0 Å². The molecule has 1 amide bonds. The van der Waals surface area contributed by atoms with Crippen molar-refractivity contribution in [3.63, 3.8) is 0 Å². The lowest BCUT2D eigenvalue weighted by Crippen LogP contribution is -2.35. The van der Waals surface area contributed by atoms with Crippen molar-refractivity contribution in [2.75, 3.05) is 6.54 Å². The minimum absolute atomic E-state index is 0.0242. The van der Waals surface area contributed by atoms with E-state index in [9.17, 15) is 13.2 Å². The van der Waals surface area contributed by atoms with Gasteiger partial charge in [0, 0.05) is 19.0 Å². The fraction of sp³-hybridized carbons (Fsp3) is 0.278. The molecule has 3 rings (SSSR count). The molecule has 24 heavy (non-hydrogen) atoms. The number of sulfonamides is 1. The molecule has 1 heterocycles. The number of carbonyl (C=O) groups excluding carboxylic acids is 1. The second-order valence-corrected chi connectivity index (χ2v) is 7.60. The highest BCUT2D eigenvalue weighted by atomic mass is 32.2. The van der Waals surface area contributed by atoms with Gasteiger partial charge in [0.2, 0.25) is 15.9 Å². The Morgan fingerprint density at radius 3 is 2.29 bits per heavy atom. The molecule has 2 aromatic carbocycles. The molecule has 1 saturated heterocycles. The van der Waals surface area contributed by atoms with Crippen molar-refractivity contribution in [1.29, 1.82) is 0 Å². The van der Waals surface area contributed by atoms with Crippen molar-refractivity contribution >= 4 is 15.9 Å². The van der Waals surface area contributed by atoms with Crippen molar-refractivity contribution in [2.45, 2.75) is 30.2 Å². The first-order chi connectivity index (χ1) is 11.5. The fourth-order valence-corrected chi connectivity index (χ4v) is 4.09. The lowest BCUT2D eigenvalue weighted by molar-refractivity contribution is -0.120.